The molecule has 0 saturated heterocycles. The number of esters is 1. The van der Waals surface area contributed by atoms with Crippen molar-refractivity contribution in [1.29, 1.82) is 0 Å². The molecule has 6 heteroatoms. The van der Waals surface area contributed by atoms with E-state index in [2.05, 4.69) is 20.3 Å². The molecule has 0 aliphatic rings. The van der Waals surface area contributed by atoms with Gasteiger partial charge in [0.25, 0.3) is 0 Å². The number of methoxy groups -OCH3 is 1. The second-order valence-electron chi connectivity index (χ2n) is 1.90. The van der Waals surface area contributed by atoms with Crippen molar-refractivity contribution in [3.05, 3.63) is 6.33 Å². The number of nitrogens with zero attached hydrogens (tertiary/aromatic N) is 4. The van der Waals surface area contributed by atoms with E-state index in [4.69, 9.17) is 0 Å². The number of hydrogen-bond acceptors (Lipinski definition) is 5. The Balaban J connectivity index is 2.29. The summed E-state index contributed by atoms with van der Waals surface area (Å²) < 4.78 is 5.90. The highest BCUT2D eigenvalue weighted by atomic mass is 16.5. The van der Waals surface area contributed by atoms with Crippen LogP contribution < -0.4 is 0 Å². The fourth-order valence-electron chi connectivity index (χ4n) is 0.591. The molecule has 0 atom stereocenters. The minimum atomic E-state index is -0.263. The summed E-state index contributed by atoms with van der Waals surface area (Å²) >= 11 is 0. The Morgan fingerprint density at radius 1 is 1.73 bits per heavy atom. The van der Waals surface area contributed by atoms with Gasteiger partial charge in [0.05, 0.1) is 20.1 Å². The van der Waals surface area contributed by atoms with Crippen LogP contribution in [0.5, 0.6) is 0 Å². The molecule has 1 aromatic rings. The Bertz CT molecular complexity index is 220. The molecule has 0 amide bonds. The lowest BCUT2D eigenvalue weighted by Gasteiger charge is -1.96. The molecule has 0 aliphatic heterocycles. The first kappa shape index (κ1) is 7.64. The molecule has 0 unspecified atom stereocenters. The third kappa shape index (κ3) is 2.32. The molecule has 1 rings (SSSR count). The minimum Gasteiger partial charge on any atom is -0.469 e. The van der Waals surface area contributed by atoms with Gasteiger partial charge >= 0.3 is 5.97 Å². The van der Waals surface area contributed by atoms with Crippen molar-refractivity contribution in [1.82, 2.24) is 20.2 Å². The summed E-state index contributed by atoms with van der Waals surface area (Å²) in [5, 5.41) is 10.4. The topological polar surface area (TPSA) is 69.9 Å². The van der Waals surface area contributed by atoms with Crippen molar-refractivity contribution in [2.24, 2.45) is 0 Å². The smallest absolute Gasteiger partial charge is 0.307 e. The number of tetrazole rings is 1. The van der Waals surface area contributed by atoms with Crippen LogP contribution in [-0.2, 0) is 16.1 Å². The van der Waals surface area contributed by atoms with Crippen LogP contribution in [0.25, 0.3) is 0 Å². The van der Waals surface area contributed by atoms with Gasteiger partial charge < -0.3 is 4.74 Å². The monoisotopic (exact) mass is 156 g/mol. The molecule has 0 saturated carbocycles. The summed E-state index contributed by atoms with van der Waals surface area (Å²) in [5.74, 6) is -0.263. The zero-order chi connectivity index (χ0) is 8.10. The number of ether oxygens (including phenoxy) is 1. The van der Waals surface area contributed by atoms with Crippen molar-refractivity contribution >= 4 is 5.97 Å². The van der Waals surface area contributed by atoms with Crippen LogP contribution in [0.2, 0.25) is 0 Å². The van der Waals surface area contributed by atoms with Crippen LogP contribution >= 0.6 is 0 Å². The Kier molecular flexibility index (Phi) is 2.53. The maximum atomic E-state index is 10.6. The van der Waals surface area contributed by atoms with Gasteiger partial charge in [-0.05, 0) is 10.4 Å². The average molecular weight is 156 g/mol. The molecule has 0 bridgehead atoms. The predicted octanol–water partition coefficient (Wildman–Crippen LogP) is -0.764. The number of carbonyl (C=O) groups is 1. The largest absolute Gasteiger partial charge is 0.469 e. The van der Waals surface area contributed by atoms with E-state index in [1.807, 2.05) is 0 Å². The van der Waals surface area contributed by atoms with Crippen molar-refractivity contribution in [3.63, 3.8) is 0 Å². The highest BCUT2D eigenvalue weighted by Crippen LogP contribution is 1.87. The first-order chi connectivity index (χ1) is 5.33. The number of aryl methyl sites for hydroxylation is 1. The lowest BCUT2D eigenvalue weighted by Crippen LogP contribution is -2.07. The van der Waals surface area contributed by atoms with Gasteiger partial charge in [-0.1, -0.05) is 0 Å². The SMILES string of the molecule is COC(=O)CCn1cnnn1. The molecule has 6 nitrogen and oxygen atoms in total. The van der Waals surface area contributed by atoms with Gasteiger partial charge in [-0.2, -0.15) is 0 Å². The van der Waals surface area contributed by atoms with Gasteiger partial charge in [0.15, 0.2) is 0 Å². The second kappa shape index (κ2) is 3.65. The summed E-state index contributed by atoms with van der Waals surface area (Å²) in [6.07, 6.45) is 1.74. The fraction of sp³-hybridized carbons (Fsp3) is 0.600. The maximum Gasteiger partial charge on any atom is 0.307 e. The zero-order valence-corrected chi connectivity index (χ0v) is 6.10. The van der Waals surface area contributed by atoms with Crippen LogP contribution in [0.4, 0.5) is 0 Å². The molecule has 1 heterocycles. The predicted molar refractivity (Wildman–Crippen MR) is 34.4 cm³/mol. The third-order valence-electron chi connectivity index (χ3n) is 1.16. The summed E-state index contributed by atoms with van der Waals surface area (Å²) in [4.78, 5) is 10.6. The van der Waals surface area contributed by atoms with E-state index in [0.717, 1.165) is 0 Å². The second-order valence-corrected chi connectivity index (χ2v) is 1.90. The lowest BCUT2D eigenvalue weighted by molar-refractivity contribution is -0.140. The van der Waals surface area contributed by atoms with Crippen LogP contribution in [0.1, 0.15) is 6.42 Å². The van der Waals surface area contributed by atoms with E-state index in [9.17, 15) is 4.79 Å². The molecule has 0 aliphatic carbocycles. The molecule has 0 radical (unpaired) electrons. The van der Waals surface area contributed by atoms with Crippen molar-refractivity contribution in [2.75, 3.05) is 7.11 Å². The number of aromatic nitrogens is 4. The minimum absolute atomic E-state index is 0.263. The molecule has 0 aromatic carbocycles. The Labute approximate surface area is 63.1 Å². The van der Waals surface area contributed by atoms with Gasteiger partial charge in [0.1, 0.15) is 6.33 Å². The van der Waals surface area contributed by atoms with E-state index in [1.165, 1.54) is 18.1 Å². The van der Waals surface area contributed by atoms with E-state index in [-0.39, 0.29) is 5.97 Å². The Hall–Kier alpha value is -1.46. The van der Waals surface area contributed by atoms with E-state index < -0.39 is 0 Å². The number of rotatable bonds is 3. The molecular weight excluding hydrogens is 148 g/mol. The quantitative estimate of drug-likeness (QED) is 0.538. The Morgan fingerprint density at radius 3 is 3.09 bits per heavy atom. The van der Waals surface area contributed by atoms with E-state index in [0.29, 0.717) is 13.0 Å². The summed E-state index contributed by atoms with van der Waals surface area (Å²) in [7, 11) is 1.35. The van der Waals surface area contributed by atoms with Gasteiger partial charge in [-0.25, -0.2) is 4.68 Å². The summed E-state index contributed by atoms with van der Waals surface area (Å²) in [6, 6.07) is 0. The standard InChI is InChI=1S/C5H8N4O2/c1-11-5(10)2-3-9-4-6-7-8-9/h4H,2-3H2,1H3. The molecule has 1 aromatic heterocycles. The molecule has 60 valence electrons. The summed E-state index contributed by atoms with van der Waals surface area (Å²) in [6.45, 7) is 0.458. The first-order valence-corrected chi connectivity index (χ1v) is 3.10. The summed E-state index contributed by atoms with van der Waals surface area (Å²) in [5.41, 5.74) is 0. The first-order valence-electron chi connectivity index (χ1n) is 3.10. The van der Waals surface area contributed by atoms with Crippen molar-refractivity contribution in [2.45, 2.75) is 13.0 Å². The average Bonchev–Trinajstić information content (AvgIpc) is 2.52. The van der Waals surface area contributed by atoms with Crippen LogP contribution in [0.15, 0.2) is 6.33 Å². The zero-order valence-electron chi connectivity index (χ0n) is 6.10. The molecular formula is C5H8N4O2. The van der Waals surface area contributed by atoms with Crippen molar-refractivity contribution < 1.29 is 9.53 Å². The maximum absolute atomic E-state index is 10.6. The molecule has 11 heavy (non-hydrogen) atoms. The molecule has 0 N–H and O–H groups in total. The normalized spacial score (nSPS) is 9.55. The van der Waals surface area contributed by atoms with E-state index in [1.54, 1.807) is 0 Å². The van der Waals surface area contributed by atoms with Gasteiger partial charge in [0.2, 0.25) is 0 Å². The lowest BCUT2D eigenvalue weighted by atomic mass is 10.4. The van der Waals surface area contributed by atoms with Crippen LogP contribution in [0.3, 0.4) is 0 Å². The molecule has 0 fully saturated rings. The van der Waals surface area contributed by atoms with Crippen LogP contribution in [-0.4, -0.2) is 33.3 Å². The third-order valence-corrected chi connectivity index (χ3v) is 1.16. The number of carbonyl (C=O) groups excluding carboxylic acids is 1. The molecule has 0 spiro atoms. The highest BCUT2D eigenvalue weighted by Gasteiger charge is 2.00. The van der Waals surface area contributed by atoms with Gasteiger partial charge in [-0.3, -0.25) is 4.79 Å². The highest BCUT2D eigenvalue weighted by molar-refractivity contribution is 5.68. The number of hydrogen-bond donors (Lipinski definition) is 0. The van der Waals surface area contributed by atoms with Crippen molar-refractivity contribution in [3.8, 4) is 0 Å². The Morgan fingerprint density at radius 2 is 2.55 bits per heavy atom. The van der Waals surface area contributed by atoms with Gasteiger partial charge in [0, 0.05) is 0 Å². The van der Waals surface area contributed by atoms with Gasteiger partial charge in [-0.15, -0.1) is 5.10 Å². The van der Waals surface area contributed by atoms with E-state index >= 15 is 0 Å². The fourth-order valence-corrected chi connectivity index (χ4v) is 0.591. The van der Waals surface area contributed by atoms with Crippen LogP contribution in [0, 0.1) is 0 Å².